The van der Waals surface area contributed by atoms with E-state index in [0.29, 0.717) is 29.4 Å². The molecule has 4 nitrogen and oxygen atoms in total. The minimum atomic E-state index is -0.0667. The van der Waals surface area contributed by atoms with Gasteiger partial charge in [0.15, 0.2) is 0 Å². The van der Waals surface area contributed by atoms with Gasteiger partial charge in [0.05, 0.1) is 10.7 Å². The number of carbonyl (C=O) groups excluding carboxylic acids is 1. The van der Waals surface area contributed by atoms with Crippen molar-refractivity contribution in [2.45, 2.75) is 6.42 Å². The van der Waals surface area contributed by atoms with Gasteiger partial charge >= 0.3 is 0 Å². The third-order valence-corrected chi connectivity index (χ3v) is 2.76. The fourth-order valence-corrected chi connectivity index (χ4v) is 1.61. The first-order valence-electron chi connectivity index (χ1n) is 5.35. The Hall–Kier alpha value is -1.26. The molecule has 0 aliphatic rings. The molecule has 2 N–H and O–H groups in total. The second-order valence-corrected chi connectivity index (χ2v) is 4.22. The van der Waals surface area contributed by atoms with Crippen LogP contribution in [0, 0.1) is 0 Å². The molecule has 0 unspecified atom stereocenters. The maximum absolute atomic E-state index is 12.0. The lowest BCUT2D eigenvalue weighted by Crippen LogP contribution is -2.28. The van der Waals surface area contributed by atoms with Crippen LogP contribution in [0.25, 0.3) is 0 Å². The van der Waals surface area contributed by atoms with Gasteiger partial charge in [-0.25, -0.2) is 0 Å². The molecule has 0 saturated heterocycles. The van der Waals surface area contributed by atoms with Crippen LogP contribution in [0.15, 0.2) is 18.2 Å². The van der Waals surface area contributed by atoms with Crippen LogP contribution in [0.1, 0.15) is 16.8 Å². The van der Waals surface area contributed by atoms with Crippen LogP contribution >= 0.6 is 11.6 Å². The van der Waals surface area contributed by atoms with Crippen molar-refractivity contribution >= 4 is 23.2 Å². The molecule has 17 heavy (non-hydrogen) atoms. The molecule has 0 atom stereocenters. The number of ether oxygens (including phenoxy) is 1. The summed E-state index contributed by atoms with van der Waals surface area (Å²) in [7, 11) is 3.39. The molecule has 0 aliphatic heterocycles. The van der Waals surface area contributed by atoms with E-state index < -0.39 is 0 Å². The zero-order chi connectivity index (χ0) is 12.8. The van der Waals surface area contributed by atoms with Gasteiger partial charge in [0.25, 0.3) is 5.91 Å². The number of halogens is 1. The van der Waals surface area contributed by atoms with Crippen LogP contribution in [-0.4, -0.2) is 38.1 Å². The van der Waals surface area contributed by atoms with Gasteiger partial charge in [0.1, 0.15) is 0 Å². The van der Waals surface area contributed by atoms with Crippen LogP contribution in [0.3, 0.4) is 0 Å². The van der Waals surface area contributed by atoms with Crippen LogP contribution in [-0.2, 0) is 4.74 Å². The number of rotatable bonds is 5. The average molecular weight is 257 g/mol. The zero-order valence-corrected chi connectivity index (χ0v) is 10.8. The van der Waals surface area contributed by atoms with Crippen molar-refractivity contribution in [3.05, 3.63) is 28.8 Å². The number of nitrogens with two attached hydrogens (primary N) is 1. The van der Waals surface area contributed by atoms with Crippen molar-refractivity contribution in [2.24, 2.45) is 0 Å². The first kappa shape index (κ1) is 13.8. The Labute approximate surface area is 106 Å². The summed E-state index contributed by atoms with van der Waals surface area (Å²) in [6.07, 6.45) is 0.807. The van der Waals surface area contributed by atoms with Gasteiger partial charge in [0, 0.05) is 32.9 Å². The number of nitrogen functional groups attached to an aromatic ring is 1. The van der Waals surface area contributed by atoms with E-state index in [1.54, 1.807) is 37.3 Å². The minimum Gasteiger partial charge on any atom is -0.398 e. The Kier molecular flexibility index (Phi) is 5.25. The molecular weight excluding hydrogens is 240 g/mol. The normalized spacial score (nSPS) is 10.3. The van der Waals surface area contributed by atoms with Gasteiger partial charge < -0.3 is 15.4 Å². The Balaban J connectivity index is 2.65. The first-order valence-corrected chi connectivity index (χ1v) is 5.73. The molecule has 1 rings (SSSR count). The molecule has 94 valence electrons. The average Bonchev–Trinajstić information content (AvgIpc) is 2.32. The van der Waals surface area contributed by atoms with Gasteiger partial charge in [0.2, 0.25) is 0 Å². The zero-order valence-electron chi connectivity index (χ0n) is 10.1. The maximum atomic E-state index is 12.0. The molecule has 1 aromatic rings. The number of benzene rings is 1. The fourth-order valence-electron chi connectivity index (χ4n) is 1.43. The van der Waals surface area contributed by atoms with Crippen LogP contribution in [0.2, 0.25) is 5.02 Å². The van der Waals surface area contributed by atoms with Crippen molar-refractivity contribution in [3.63, 3.8) is 0 Å². The number of anilines is 1. The SMILES string of the molecule is COCCCN(C)C(=O)c1ccc(N)c(Cl)c1. The molecule has 0 saturated carbocycles. The van der Waals surface area contributed by atoms with Crippen molar-refractivity contribution in [1.29, 1.82) is 0 Å². The van der Waals surface area contributed by atoms with Crippen molar-refractivity contribution in [2.75, 3.05) is 33.0 Å². The first-order chi connectivity index (χ1) is 8.06. The van der Waals surface area contributed by atoms with Gasteiger partial charge in [-0.2, -0.15) is 0 Å². The lowest BCUT2D eigenvalue weighted by Gasteiger charge is -2.17. The molecule has 1 amide bonds. The van der Waals surface area contributed by atoms with E-state index in [2.05, 4.69) is 0 Å². The van der Waals surface area contributed by atoms with Crippen LogP contribution in [0.5, 0.6) is 0 Å². The highest BCUT2D eigenvalue weighted by Gasteiger charge is 2.12. The van der Waals surface area contributed by atoms with Gasteiger partial charge in [-0.3, -0.25) is 4.79 Å². The van der Waals surface area contributed by atoms with E-state index in [1.165, 1.54) is 0 Å². The highest BCUT2D eigenvalue weighted by Crippen LogP contribution is 2.20. The van der Waals surface area contributed by atoms with Crippen molar-refractivity contribution in [3.8, 4) is 0 Å². The number of carbonyl (C=O) groups is 1. The minimum absolute atomic E-state index is 0.0667. The summed E-state index contributed by atoms with van der Waals surface area (Å²) in [4.78, 5) is 13.6. The molecule has 0 radical (unpaired) electrons. The van der Waals surface area contributed by atoms with Gasteiger partial charge in [-0.15, -0.1) is 0 Å². The second kappa shape index (κ2) is 6.47. The van der Waals surface area contributed by atoms with Gasteiger partial charge in [-0.05, 0) is 24.6 Å². The summed E-state index contributed by atoms with van der Waals surface area (Å²) < 4.78 is 4.94. The number of amides is 1. The molecule has 0 bridgehead atoms. The molecule has 0 heterocycles. The number of hydrogen-bond acceptors (Lipinski definition) is 3. The molecule has 0 spiro atoms. The molecule has 0 aromatic heterocycles. The molecule has 5 heteroatoms. The highest BCUT2D eigenvalue weighted by molar-refractivity contribution is 6.33. The summed E-state index contributed by atoms with van der Waals surface area (Å²) in [5, 5.41) is 0.404. The Bertz CT molecular complexity index is 396. The predicted octanol–water partition coefficient (Wildman–Crippen LogP) is 2.03. The van der Waals surface area contributed by atoms with E-state index >= 15 is 0 Å². The van der Waals surface area contributed by atoms with Gasteiger partial charge in [-0.1, -0.05) is 11.6 Å². The Morgan fingerprint density at radius 3 is 2.82 bits per heavy atom. The standard InChI is InChI=1S/C12H17ClN2O2/c1-15(6-3-7-17-2)12(16)9-4-5-11(14)10(13)8-9/h4-5,8H,3,6-7,14H2,1-2H3. The number of hydrogen-bond donors (Lipinski definition) is 1. The van der Waals surface area contributed by atoms with E-state index in [0.717, 1.165) is 6.42 Å². The molecule has 0 aliphatic carbocycles. The van der Waals surface area contributed by atoms with Crippen LogP contribution < -0.4 is 5.73 Å². The lowest BCUT2D eigenvalue weighted by atomic mass is 10.2. The lowest BCUT2D eigenvalue weighted by molar-refractivity contribution is 0.0779. The topological polar surface area (TPSA) is 55.6 Å². The van der Waals surface area contributed by atoms with E-state index in [4.69, 9.17) is 22.1 Å². The van der Waals surface area contributed by atoms with E-state index in [1.807, 2.05) is 0 Å². The molecular formula is C12H17ClN2O2. The molecule has 1 aromatic carbocycles. The van der Waals surface area contributed by atoms with E-state index in [9.17, 15) is 4.79 Å². The quantitative estimate of drug-likeness (QED) is 0.648. The monoisotopic (exact) mass is 256 g/mol. The number of nitrogens with zero attached hydrogens (tertiary/aromatic N) is 1. The summed E-state index contributed by atoms with van der Waals surface area (Å²) >= 11 is 5.87. The second-order valence-electron chi connectivity index (χ2n) is 3.81. The van der Waals surface area contributed by atoms with Crippen molar-refractivity contribution in [1.82, 2.24) is 4.90 Å². The molecule has 0 fully saturated rings. The van der Waals surface area contributed by atoms with Crippen molar-refractivity contribution < 1.29 is 9.53 Å². The Morgan fingerprint density at radius 1 is 1.53 bits per heavy atom. The maximum Gasteiger partial charge on any atom is 0.253 e. The third-order valence-electron chi connectivity index (χ3n) is 2.44. The fraction of sp³-hybridized carbons (Fsp3) is 0.417. The van der Waals surface area contributed by atoms with Crippen LogP contribution in [0.4, 0.5) is 5.69 Å². The largest absolute Gasteiger partial charge is 0.398 e. The summed E-state index contributed by atoms with van der Waals surface area (Å²) in [6.45, 7) is 1.29. The summed E-state index contributed by atoms with van der Waals surface area (Å²) in [5.74, 6) is -0.0667. The third kappa shape index (κ3) is 3.91. The summed E-state index contributed by atoms with van der Waals surface area (Å²) in [6, 6.07) is 4.90. The number of methoxy groups -OCH3 is 1. The smallest absolute Gasteiger partial charge is 0.253 e. The highest BCUT2D eigenvalue weighted by atomic mass is 35.5. The predicted molar refractivity (Wildman–Crippen MR) is 69.3 cm³/mol. The van der Waals surface area contributed by atoms with E-state index in [-0.39, 0.29) is 5.91 Å². The summed E-state index contributed by atoms with van der Waals surface area (Å²) in [5.41, 5.74) is 6.61. The Morgan fingerprint density at radius 2 is 2.24 bits per heavy atom.